The molecular formula is C14H11FN4O2. The highest BCUT2D eigenvalue weighted by molar-refractivity contribution is 6.11. The van der Waals surface area contributed by atoms with Crippen molar-refractivity contribution in [3.63, 3.8) is 0 Å². The molecule has 1 N–H and O–H groups in total. The van der Waals surface area contributed by atoms with Crippen LogP contribution in [0.3, 0.4) is 0 Å². The summed E-state index contributed by atoms with van der Waals surface area (Å²) < 4.78 is 14.9. The minimum atomic E-state index is -0.541. The van der Waals surface area contributed by atoms with E-state index in [-0.39, 0.29) is 21.7 Å². The second kappa shape index (κ2) is 4.86. The number of aryl methyl sites for hydroxylation is 1. The molecule has 0 saturated heterocycles. The highest BCUT2D eigenvalue weighted by Crippen LogP contribution is 2.19. The molecule has 0 fully saturated rings. The predicted octanol–water partition coefficient (Wildman–Crippen LogP) is 1.72. The third-order valence-electron chi connectivity index (χ3n) is 3.10. The van der Waals surface area contributed by atoms with E-state index in [1.54, 1.807) is 25.2 Å². The average Bonchev–Trinajstić information content (AvgIpc) is 2.81. The molecule has 7 heteroatoms. The number of fused-ring (bicyclic) bond motifs is 1. The lowest BCUT2D eigenvalue weighted by atomic mass is 10.2. The van der Waals surface area contributed by atoms with Crippen molar-refractivity contribution in [3.05, 3.63) is 58.6 Å². The number of carbonyl (C=O) groups excluding carboxylic acids is 1. The maximum absolute atomic E-state index is 13.6. The Bertz CT molecular complexity index is 897. The molecule has 0 saturated carbocycles. The Morgan fingerprint density at radius 2 is 2.00 bits per heavy atom. The van der Waals surface area contributed by atoms with Gasteiger partial charge in [0, 0.05) is 24.7 Å². The van der Waals surface area contributed by atoms with Gasteiger partial charge in [0.1, 0.15) is 5.52 Å². The first kappa shape index (κ1) is 13.0. The molecule has 2 heterocycles. The van der Waals surface area contributed by atoms with Crippen LogP contribution in [0.25, 0.3) is 10.9 Å². The molecule has 0 bridgehead atoms. The minimum absolute atomic E-state index is 0.0121. The molecule has 21 heavy (non-hydrogen) atoms. The molecule has 1 amide bonds. The van der Waals surface area contributed by atoms with Gasteiger partial charge in [0.15, 0.2) is 5.69 Å². The number of hydrogen-bond acceptors (Lipinski definition) is 3. The average molecular weight is 286 g/mol. The molecule has 0 atom stereocenters. The maximum atomic E-state index is 13.6. The van der Waals surface area contributed by atoms with Gasteiger partial charge < -0.3 is 9.88 Å². The van der Waals surface area contributed by atoms with Gasteiger partial charge >= 0.3 is 0 Å². The van der Waals surface area contributed by atoms with E-state index in [0.29, 0.717) is 11.1 Å². The van der Waals surface area contributed by atoms with Gasteiger partial charge in [-0.25, -0.2) is 0 Å². The fraction of sp³-hybridized carbons (Fsp3) is 0.0714. The van der Waals surface area contributed by atoms with Gasteiger partial charge in [0.2, 0.25) is 5.56 Å². The van der Waals surface area contributed by atoms with Crippen LogP contribution in [0.15, 0.2) is 47.4 Å². The van der Waals surface area contributed by atoms with Gasteiger partial charge in [-0.15, -0.1) is 5.10 Å². The summed E-state index contributed by atoms with van der Waals surface area (Å²) in [6, 6.07) is 9.33. The van der Waals surface area contributed by atoms with E-state index in [0.717, 1.165) is 0 Å². The van der Waals surface area contributed by atoms with Gasteiger partial charge in [-0.3, -0.25) is 9.59 Å². The summed E-state index contributed by atoms with van der Waals surface area (Å²) in [5.41, 5.74) is 0.455. The van der Waals surface area contributed by atoms with E-state index in [2.05, 4.69) is 10.4 Å². The second-order valence-corrected chi connectivity index (χ2v) is 4.55. The molecule has 0 spiro atoms. The van der Waals surface area contributed by atoms with Crippen LogP contribution in [0.1, 0.15) is 10.5 Å². The van der Waals surface area contributed by atoms with Gasteiger partial charge in [0.25, 0.3) is 5.91 Å². The number of anilines is 1. The van der Waals surface area contributed by atoms with Crippen molar-refractivity contribution in [1.82, 2.24) is 14.6 Å². The van der Waals surface area contributed by atoms with Crippen LogP contribution in [-0.4, -0.2) is 20.5 Å². The monoisotopic (exact) mass is 286 g/mol. The Kier molecular flexibility index (Phi) is 3.02. The van der Waals surface area contributed by atoms with Crippen LogP contribution in [0.2, 0.25) is 0 Å². The van der Waals surface area contributed by atoms with E-state index in [9.17, 15) is 14.1 Å². The number of rotatable bonds is 2. The van der Waals surface area contributed by atoms with E-state index in [1.807, 2.05) is 0 Å². The molecule has 0 radical (unpaired) electrons. The number of hydrogen-bond donors (Lipinski definition) is 1. The number of carbonyl (C=O) groups is 1. The lowest BCUT2D eigenvalue weighted by Crippen LogP contribution is -2.18. The smallest absolute Gasteiger partial charge is 0.276 e. The Morgan fingerprint density at radius 1 is 1.24 bits per heavy atom. The van der Waals surface area contributed by atoms with Gasteiger partial charge in [-0.1, -0.05) is 27.6 Å². The summed E-state index contributed by atoms with van der Waals surface area (Å²) in [5.74, 6) is -0.541. The number of nitrogens with zero attached hydrogens (tertiary/aromatic N) is 3. The number of para-hydroxylation sites is 1. The van der Waals surface area contributed by atoms with Crippen LogP contribution >= 0.6 is 0 Å². The third kappa shape index (κ3) is 2.29. The molecule has 3 rings (SSSR count). The quantitative estimate of drug-likeness (QED) is 0.780. The normalized spacial score (nSPS) is 10.8. The largest absolute Gasteiger partial charge is 0.319 e. The maximum Gasteiger partial charge on any atom is 0.276 e. The Balaban J connectivity index is 1.97. The van der Waals surface area contributed by atoms with E-state index in [4.69, 9.17) is 0 Å². The molecule has 2 aromatic heterocycles. The van der Waals surface area contributed by atoms with Crippen molar-refractivity contribution >= 4 is 22.5 Å². The van der Waals surface area contributed by atoms with Crippen molar-refractivity contribution < 1.29 is 9.28 Å². The van der Waals surface area contributed by atoms with Crippen molar-refractivity contribution in [2.75, 3.05) is 5.32 Å². The highest BCUT2D eigenvalue weighted by Gasteiger charge is 2.17. The first-order valence-electron chi connectivity index (χ1n) is 6.18. The number of benzene rings is 1. The van der Waals surface area contributed by atoms with Gasteiger partial charge in [-0.2, -0.15) is 0 Å². The zero-order valence-electron chi connectivity index (χ0n) is 11.1. The number of amides is 1. The molecule has 3 aromatic rings. The molecule has 0 aliphatic heterocycles. The standard InChI is InChI=1S/C14H11FN4O2/c1-18-8-9(6-7-12(18)20)16-14(21)13-10-4-2-3-5-11(10)19(15)17-13/h2-8H,1H3,(H,16,21). The van der Waals surface area contributed by atoms with Gasteiger partial charge in [0.05, 0.1) is 5.69 Å². The van der Waals surface area contributed by atoms with E-state index >= 15 is 0 Å². The zero-order chi connectivity index (χ0) is 15.0. The molecule has 0 aliphatic carbocycles. The van der Waals surface area contributed by atoms with Crippen molar-refractivity contribution in [2.45, 2.75) is 0 Å². The summed E-state index contributed by atoms with van der Waals surface area (Å²) in [4.78, 5) is 23.7. The van der Waals surface area contributed by atoms with Crippen LogP contribution in [0.5, 0.6) is 0 Å². The fourth-order valence-corrected chi connectivity index (χ4v) is 2.06. The molecular weight excluding hydrogens is 275 g/mol. The second-order valence-electron chi connectivity index (χ2n) is 4.55. The SMILES string of the molecule is Cn1cc(NC(=O)c2nn(F)c3ccccc23)ccc1=O. The van der Waals surface area contributed by atoms with Crippen molar-refractivity contribution in [3.8, 4) is 0 Å². The summed E-state index contributed by atoms with van der Waals surface area (Å²) in [5, 5.41) is 6.60. The summed E-state index contributed by atoms with van der Waals surface area (Å²) in [6.45, 7) is 0. The minimum Gasteiger partial charge on any atom is -0.319 e. The fourth-order valence-electron chi connectivity index (χ4n) is 2.06. The molecule has 6 nitrogen and oxygen atoms in total. The van der Waals surface area contributed by atoms with Crippen LogP contribution in [0.4, 0.5) is 10.2 Å². The Morgan fingerprint density at radius 3 is 2.76 bits per heavy atom. The number of pyridine rings is 1. The van der Waals surface area contributed by atoms with Crippen molar-refractivity contribution in [2.24, 2.45) is 7.05 Å². The van der Waals surface area contributed by atoms with Gasteiger partial charge in [-0.05, 0) is 12.1 Å². The molecule has 0 unspecified atom stereocenters. The first-order chi connectivity index (χ1) is 10.1. The van der Waals surface area contributed by atoms with Crippen molar-refractivity contribution in [1.29, 1.82) is 0 Å². The van der Waals surface area contributed by atoms with Crippen LogP contribution in [0, 0.1) is 0 Å². The lowest BCUT2D eigenvalue weighted by Gasteiger charge is -2.04. The third-order valence-corrected chi connectivity index (χ3v) is 3.10. The van der Waals surface area contributed by atoms with E-state index in [1.165, 1.54) is 29.0 Å². The number of halogens is 1. The first-order valence-corrected chi connectivity index (χ1v) is 6.18. The molecule has 0 aliphatic rings. The zero-order valence-corrected chi connectivity index (χ0v) is 11.1. The number of nitrogens with one attached hydrogen (secondary N) is 1. The van der Waals surface area contributed by atoms with Crippen LogP contribution < -0.4 is 10.9 Å². The highest BCUT2D eigenvalue weighted by atomic mass is 19.2. The Hall–Kier alpha value is -2.96. The van der Waals surface area contributed by atoms with E-state index < -0.39 is 5.91 Å². The summed E-state index contributed by atoms with van der Waals surface area (Å²) >= 11 is 0. The Labute approximate surface area is 118 Å². The summed E-state index contributed by atoms with van der Waals surface area (Å²) in [6.07, 6.45) is 1.48. The lowest BCUT2D eigenvalue weighted by molar-refractivity contribution is 0.102. The topological polar surface area (TPSA) is 68.9 Å². The molecule has 106 valence electrons. The van der Waals surface area contributed by atoms with Crippen LogP contribution in [-0.2, 0) is 7.05 Å². The molecule has 1 aromatic carbocycles. The predicted molar refractivity (Wildman–Crippen MR) is 75.9 cm³/mol. The summed E-state index contributed by atoms with van der Waals surface area (Å²) in [7, 11) is 1.57. The number of aromatic nitrogens is 3.